The van der Waals surface area contributed by atoms with Crippen LogP contribution in [0.25, 0.3) is 0 Å². The summed E-state index contributed by atoms with van der Waals surface area (Å²) in [5.41, 5.74) is 0. The highest BCUT2D eigenvalue weighted by molar-refractivity contribution is 14.0. The predicted octanol–water partition coefficient (Wildman–Crippen LogP) is 1.60. The summed E-state index contributed by atoms with van der Waals surface area (Å²) >= 11 is 1.65. The standard InChI is InChI=1S/C13H23N5OS.HI/c1-5-6-14-13(17-9-12(19)18(3)4)16-8-11-15-7-10(2)20-11;/h7H,5-6,8-9H2,1-4H3,(H2,14,16,17);1H. The zero-order valence-electron chi connectivity index (χ0n) is 13.0. The number of carbonyl (C=O) groups is 1. The molecule has 0 radical (unpaired) electrons. The number of hydrogen-bond donors (Lipinski definition) is 2. The summed E-state index contributed by atoms with van der Waals surface area (Å²) in [5, 5.41) is 7.39. The fourth-order valence-corrected chi connectivity index (χ4v) is 2.08. The van der Waals surface area contributed by atoms with E-state index >= 15 is 0 Å². The van der Waals surface area contributed by atoms with Crippen molar-refractivity contribution in [3.8, 4) is 0 Å². The lowest BCUT2D eigenvalue weighted by Crippen LogP contribution is -2.38. The van der Waals surface area contributed by atoms with Crippen molar-refractivity contribution in [2.45, 2.75) is 26.8 Å². The first kappa shape index (κ1) is 20.1. The molecule has 6 nitrogen and oxygen atoms in total. The number of guanidine groups is 1. The molecule has 0 spiro atoms. The summed E-state index contributed by atoms with van der Waals surface area (Å²) in [6.07, 6.45) is 2.85. The molecular formula is C13H24IN5OS. The van der Waals surface area contributed by atoms with E-state index in [1.54, 1.807) is 25.4 Å². The molecule has 2 N–H and O–H groups in total. The van der Waals surface area contributed by atoms with Gasteiger partial charge in [-0.2, -0.15) is 0 Å². The van der Waals surface area contributed by atoms with Crippen molar-refractivity contribution in [2.75, 3.05) is 27.2 Å². The number of likely N-dealkylation sites (N-methyl/N-ethyl adjacent to an activating group) is 1. The lowest BCUT2D eigenvalue weighted by Gasteiger charge is -2.12. The number of halogens is 1. The van der Waals surface area contributed by atoms with Crippen molar-refractivity contribution in [1.82, 2.24) is 20.5 Å². The summed E-state index contributed by atoms with van der Waals surface area (Å²) in [6, 6.07) is 0. The minimum atomic E-state index is -0.0207. The molecule has 0 saturated carbocycles. The zero-order chi connectivity index (χ0) is 15.0. The van der Waals surface area contributed by atoms with Crippen LogP contribution in [0.1, 0.15) is 23.2 Å². The monoisotopic (exact) mass is 425 g/mol. The van der Waals surface area contributed by atoms with Crippen molar-refractivity contribution in [3.05, 3.63) is 16.1 Å². The second-order valence-corrected chi connectivity index (χ2v) is 5.92. The van der Waals surface area contributed by atoms with Gasteiger partial charge in [0.2, 0.25) is 5.91 Å². The number of amides is 1. The molecule has 0 aliphatic rings. The van der Waals surface area contributed by atoms with Gasteiger partial charge in [0.15, 0.2) is 5.96 Å². The van der Waals surface area contributed by atoms with Crippen molar-refractivity contribution in [2.24, 2.45) is 4.99 Å². The SMILES string of the molecule is CCCNC(=NCC(=O)N(C)C)NCc1ncc(C)s1.I. The van der Waals surface area contributed by atoms with Crippen molar-refractivity contribution >= 4 is 47.2 Å². The van der Waals surface area contributed by atoms with E-state index < -0.39 is 0 Å². The maximum Gasteiger partial charge on any atom is 0.243 e. The van der Waals surface area contributed by atoms with Crippen LogP contribution in [0.5, 0.6) is 0 Å². The van der Waals surface area contributed by atoms with E-state index in [4.69, 9.17) is 0 Å². The largest absolute Gasteiger partial charge is 0.356 e. The first-order chi connectivity index (χ1) is 9.52. The van der Waals surface area contributed by atoms with E-state index in [-0.39, 0.29) is 36.4 Å². The number of thiazole rings is 1. The number of nitrogens with one attached hydrogen (secondary N) is 2. The molecular weight excluding hydrogens is 401 g/mol. The van der Waals surface area contributed by atoms with Crippen LogP contribution >= 0.6 is 35.3 Å². The Morgan fingerprint density at radius 3 is 2.67 bits per heavy atom. The average Bonchev–Trinajstić information content (AvgIpc) is 2.83. The Hall–Kier alpha value is -0.900. The first-order valence-electron chi connectivity index (χ1n) is 6.66. The highest BCUT2D eigenvalue weighted by Gasteiger charge is 2.05. The second-order valence-electron chi connectivity index (χ2n) is 4.60. The molecule has 0 saturated heterocycles. The molecule has 120 valence electrons. The molecule has 0 aliphatic heterocycles. The lowest BCUT2D eigenvalue weighted by molar-refractivity contribution is -0.127. The Bertz CT molecular complexity index is 461. The van der Waals surface area contributed by atoms with Gasteiger partial charge in [-0.05, 0) is 13.3 Å². The molecule has 0 unspecified atom stereocenters. The molecule has 1 aromatic heterocycles. The van der Waals surface area contributed by atoms with E-state index in [9.17, 15) is 4.79 Å². The summed E-state index contributed by atoms with van der Waals surface area (Å²) < 4.78 is 0. The quantitative estimate of drug-likeness (QED) is 0.413. The van der Waals surface area contributed by atoms with E-state index in [1.165, 1.54) is 9.78 Å². The van der Waals surface area contributed by atoms with Gasteiger partial charge in [0.05, 0.1) is 6.54 Å². The molecule has 0 fully saturated rings. The van der Waals surface area contributed by atoms with E-state index in [0.29, 0.717) is 12.5 Å². The average molecular weight is 425 g/mol. The van der Waals surface area contributed by atoms with Crippen molar-refractivity contribution < 1.29 is 4.79 Å². The Morgan fingerprint density at radius 1 is 1.43 bits per heavy atom. The second kappa shape index (κ2) is 10.8. The van der Waals surface area contributed by atoms with Gasteiger partial charge < -0.3 is 15.5 Å². The van der Waals surface area contributed by atoms with Crippen LogP contribution in [0.15, 0.2) is 11.2 Å². The number of aryl methyl sites for hydroxylation is 1. The molecule has 0 aromatic carbocycles. The fourth-order valence-electron chi connectivity index (χ4n) is 1.35. The van der Waals surface area contributed by atoms with Crippen LogP contribution in [-0.4, -0.2) is 48.9 Å². The molecule has 1 heterocycles. The topological polar surface area (TPSA) is 69.6 Å². The Kier molecular flexibility index (Phi) is 10.3. The van der Waals surface area contributed by atoms with E-state index in [0.717, 1.165) is 18.0 Å². The number of rotatable bonds is 6. The number of hydrogen-bond acceptors (Lipinski definition) is 4. The van der Waals surface area contributed by atoms with Gasteiger partial charge >= 0.3 is 0 Å². The van der Waals surface area contributed by atoms with Crippen molar-refractivity contribution in [1.29, 1.82) is 0 Å². The van der Waals surface area contributed by atoms with E-state index in [2.05, 4.69) is 27.5 Å². The predicted molar refractivity (Wildman–Crippen MR) is 98.4 cm³/mol. The fraction of sp³-hybridized carbons (Fsp3) is 0.615. The van der Waals surface area contributed by atoms with Gasteiger partial charge in [-0.25, -0.2) is 9.98 Å². The maximum atomic E-state index is 11.6. The van der Waals surface area contributed by atoms with Crippen LogP contribution in [-0.2, 0) is 11.3 Å². The van der Waals surface area contributed by atoms with Gasteiger partial charge in [-0.3, -0.25) is 4.79 Å². The van der Waals surface area contributed by atoms with Gasteiger partial charge in [-0.15, -0.1) is 35.3 Å². The highest BCUT2D eigenvalue weighted by atomic mass is 127. The molecule has 0 bridgehead atoms. The third-order valence-electron chi connectivity index (χ3n) is 2.49. The molecule has 8 heteroatoms. The molecule has 1 amide bonds. The Balaban J connectivity index is 0.00000400. The van der Waals surface area contributed by atoms with Crippen molar-refractivity contribution in [3.63, 3.8) is 0 Å². The summed E-state index contributed by atoms with van der Waals surface area (Å²) in [5.74, 6) is 0.627. The van der Waals surface area contributed by atoms with Crippen LogP contribution in [0.2, 0.25) is 0 Å². The highest BCUT2D eigenvalue weighted by Crippen LogP contribution is 2.10. The first-order valence-corrected chi connectivity index (χ1v) is 7.48. The number of nitrogens with zero attached hydrogens (tertiary/aromatic N) is 3. The molecule has 1 rings (SSSR count). The minimum Gasteiger partial charge on any atom is -0.356 e. The smallest absolute Gasteiger partial charge is 0.243 e. The number of carbonyl (C=O) groups excluding carboxylic acids is 1. The maximum absolute atomic E-state index is 11.6. The summed E-state index contributed by atoms with van der Waals surface area (Å²) in [4.78, 5) is 22.8. The number of aromatic nitrogens is 1. The van der Waals surface area contributed by atoms with Gasteiger partial charge in [0.1, 0.15) is 11.6 Å². The number of aliphatic imine (C=N–C) groups is 1. The lowest BCUT2D eigenvalue weighted by atomic mass is 10.5. The van der Waals surface area contributed by atoms with Crippen LogP contribution < -0.4 is 10.6 Å². The Morgan fingerprint density at radius 2 is 2.14 bits per heavy atom. The zero-order valence-corrected chi connectivity index (χ0v) is 16.1. The molecule has 0 aliphatic carbocycles. The molecule has 0 atom stereocenters. The van der Waals surface area contributed by atoms with E-state index in [1.807, 2.05) is 13.1 Å². The van der Waals surface area contributed by atoms with Crippen LogP contribution in [0.3, 0.4) is 0 Å². The molecule has 1 aromatic rings. The minimum absolute atomic E-state index is 0. The van der Waals surface area contributed by atoms with Crippen LogP contribution in [0.4, 0.5) is 0 Å². The Labute approximate surface area is 147 Å². The third-order valence-corrected chi connectivity index (χ3v) is 3.40. The summed E-state index contributed by atoms with van der Waals surface area (Å²) in [6.45, 7) is 5.69. The van der Waals surface area contributed by atoms with Gasteiger partial charge in [-0.1, -0.05) is 6.92 Å². The van der Waals surface area contributed by atoms with Crippen LogP contribution in [0, 0.1) is 6.92 Å². The van der Waals surface area contributed by atoms with Gasteiger partial charge in [0.25, 0.3) is 0 Å². The van der Waals surface area contributed by atoms with Gasteiger partial charge in [0, 0.05) is 31.7 Å². The summed E-state index contributed by atoms with van der Waals surface area (Å²) in [7, 11) is 3.45. The molecule has 21 heavy (non-hydrogen) atoms. The third kappa shape index (κ3) is 8.20. The normalized spacial score (nSPS) is 10.8.